The van der Waals surface area contributed by atoms with E-state index >= 15 is 0 Å². The van der Waals surface area contributed by atoms with E-state index in [2.05, 4.69) is 5.10 Å². The fraction of sp³-hybridized carbons (Fsp3) is 0.0667. The molecule has 0 heterocycles. The monoisotopic (exact) mass is 285 g/mol. The summed E-state index contributed by atoms with van der Waals surface area (Å²) >= 11 is 0. The molecule has 2 amide bonds. The van der Waals surface area contributed by atoms with E-state index in [0.717, 1.165) is 5.56 Å². The number of urea groups is 1. The van der Waals surface area contributed by atoms with Crippen LogP contribution in [0.15, 0.2) is 53.6 Å². The Bertz CT molecular complexity index is 642. The second-order valence-corrected chi connectivity index (χ2v) is 4.23. The highest BCUT2D eigenvalue weighted by molar-refractivity contribution is 5.84. The number of rotatable bonds is 5. The third kappa shape index (κ3) is 4.54. The normalized spacial score (nSPS) is 10.5. The van der Waals surface area contributed by atoms with E-state index in [4.69, 9.17) is 10.5 Å². The first-order valence-corrected chi connectivity index (χ1v) is 6.23. The number of carbonyl (C=O) groups is 1. The Morgan fingerprint density at radius 1 is 1.29 bits per heavy atom. The number of phenolic OH excluding ortho intramolecular Hbond substituents is 1. The molecule has 0 saturated heterocycles. The number of carbonyl (C=O) groups excluding carboxylic acids is 1. The lowest BCUT2D eigenvalue weighted by molar-refractivity contribution is 0.249. The predicted molar refractivity (Wildman–Crippen MR) is 79.2 cm³/mol. The summed E-state index contributed by atoms with van der Waals surface area (Å²) in [5.74, 6) is 0.534. The predicted octanol–water partition coefficient (Wildman–Crippen LogP) is 1.97. The van der Waals surface area contributed by atoms with Gasteiger partial charge in [0, 0.05) is 11.6 Å². The third-order valence-electron chi connectivity index (χ3n) is 2.63. The zero-order valence-electron chi connectivity index (χ0n) is 11.2. The molecule has 0 radical (unpaired) electrons. The largest absolute Gasteiger partial charge is 0.507 e. The Labute approximate surface area is 121 Å². The average Bonchev–Trinajstić information content (AvgIpc) is 2.48. The van der Waals surface area contributed by atoms with Gasteiger partial charge in [-0.05, 0) is 17.7 Å². The maximum absolute atomic E-state index is 10.5. The topological polar surface area (TPSA) is 96.9 Å². The van der Waals surface area contributed by atoms with Crippen molar-refractivity contribution >= 4 is 12.2 Å². The van der Waals surface area contributed by atoms with Crippen molar-refractivity contribution in [1.82, 2.24) is 5.43 Å². The molecule has 6 nitrogen and oxygen atoms in total. The Morgan fingerprint density at radius 3 is 2.71 bits per heavy atom. The zero-order valence-corrected chi connectivity index (χ0v) is 11.2. The molecule has 0 aliphatic rings. The summed E-state index contributed by atoms with van der Waals surface area (Å²) in [5.41, 5.74) is 8.39. The molecular weight excluding hydrogens is 270 g/mol. The Hall–Kier alpha value is -3.02. The Morgan fingerprint density at radius 2 is 2.05 bits per heavy atom. The number of aromatic hydroxyl groups is 1. The van der Waals surface area contributed by atoms with Crippen LogP contribution in [0.4, 0.5) is 4.79 Å². The first-order valence-electron chi connectivity index (χ1n) is 6.23. The second-order valence-electron chi connectivity index (χ2n) is 4.23. The summed E-state index contributed by atoms with van der Waals surface area (Å²) in [7, 11) is 0. The van der Waals surface area contributed by atoms with Gasteiger partial charge in [0.05, 0.1) is 6.21 Å². The van der Waals surface area contributed by atoms with Gasteiger partial charge in [-0.2, -0.15) is 5.10 Å². The van der Waals surface area contributed by atoms with Crippen molar-refractivity contribution in [1.29, 1.82) is 0 Å². The Kier molecular flexibility index (Phi) is 4.76. The minimum atomic E-state index is -0.770. The van der Waals surface area contributed by atoms with Gasteiger partial charge in [-0.1, -0.05) is 30.3 Å². The summed E-state index contributed by atoms with van der Waals surface area (Å²) in [6.45, 7) is 0.414. The fourth-order valence-corrected chi connectivity index (χ4v) is 1.63. The summed E-state index contributed by atoms with van der Waals surface area (Å²) in [5, 5.41) is 13.4. The van der Waals surface area contributed by atoms with Crippen molar-refractivity contribution in [2.24, 2.45) is 10.8 Å². The summed E-state index contributed by atoms with van der Waals surface area (Å²) in [4.78, 5) is 10.5. The number of nitrogens with two attached hydrogens (primary N) is 1. The molecule has 0 atom stereocenters. The first-order chi connectivity index (χ1) is 10.1. The molecule has 0 bridgehead atoms. The molecule has 6 heteroatoms. The van der Waals surface area contributed by atoms with E-state index in [9.17, 15) is 9.90 Å². The van der Waals surface area contributed by atoms with Crippen LogP contribution in [0.1, 0.15) is 11.1 Å². The quantitative estimate of drug-likeness (QED) is 0.578. The van der Waals surface area contributed by atoms with Gasteiger partial charge < -0.3 is 15.6 Å². The molecule has 0 saturated carbocycles. The highest BCUT2D eigenvalue weighted by Crippen LogP contribution is 2.23. The van der Waals surface area contributed by atoms with Gasteiger partial charge in [-0.25, -0.2) is 10.2 Å². The number of hydrazone groups is 1. The maximum atomic E-state index is 10.5. The van der Waals surface area contributed by atoms with Crippen LogP contribution in [-0.2, 0) is 6.61 Å². The smallest absolute Gasteiger partial charge is 0.332 e. The van der Waals surface area contributed by atoms with Crippen LogP contribution in [0.3, 0.4) is 0 Å². The number of primary amides is 1. The summed E-state index contributed by atoms with van der Waals surface area (Å²) in [6.07, 6.45) is 1.29. The third-order valence-corrected chi connectivity index (χ3v) is 2.63. The van der Waals surface area contributed by atoms with Crippen LogP contribution in [0.25, 0.3) is 0 Å². The number of ether oxygens (including phenoxy) is 1. The molecule has 21 heavy (non-hydrogen) atoms. The minimum Gasteiger partial charge on any atom is -0.507 e. The second kappa shape index (κ2) is 6.95. The van der Waals surface area contributed by atoms with Crippen molar-refractivity contribution in [2.45, 2.75) is 6.61 Å². The van der Waals surface area contributed by atoms with Crippen molar-refractivity contribution in [3.63, 3.8) is 0 Å². The van der Waals surface area contributed by atoms with Gasteiger partial charge in [0.15, 0.2) is 0 Å². The molecule has 0 unspecified atom stereocenters. The molecular formula is C15H15N3O3. The molecule has 0 aliphatic carbocycles. The van der Waals surface area contributed by atoms with E-state index in [1.165, 1.54) is 12.3 Å². The van der Waals surface area contributed by atoms with Gasteiger partial charge in [0.2, 0.25) is 0 Å². The van der Waals surface area contributed by atoms with Crippen LogP contribution in [0, 0.1) is 0 Å². The average molecular weight is 285 g/mol. The molecule has 0 fully saturated rings. The molecule has 2 aromatic carbocycles. The summed E-state index contributed by atoms with van der Waals surface area (Å²) < 4.78 is 5.58. The molecule has 2 rings (SSSR count). The van der Waals surface area contributed by atoms with Crippen LogP contribution < -0.4 is 15.9 Å². The highest BCUT2D eigenvalue weighted by atomic mass is 16.5. The SMILES string of the molecule is NC(=O)NN=Cc1ccc(OCc2ccccc2)cc1O. The minimum absolute atomic E-state index is 0.00409. The number of hydrogen-bond donors (Lipinski definition) is 3. The molecule has 108 valence electrons. The lowest BCUT2D eigenvalue weighted by Crippen LogP contribution is -2.24. The number of nitrogens with one attached hydrogen (secondary N) is 1. The van der Waals surface area contributed by atoms with Crippen LogP contribution in [-0.4, -0.2) is 17.4 Å². The number of phenols is 1. The standard InChI is InChI=1S/C15H15N3O3/c16-15(20)18-17-9-12-6-7-13(8-14(12)19)21-10-11-4-2-1-3-5-11/h1-9,19H,10H2,(H3,16,18,20). The maximum Gasteiger partial charge on any atom is 0.332 e. The van der Waals surface area contributed by atoms with Crippen LogP contribution in [0.5, 0.6) is 11.5 Å². The first kappa shape index (κ1) is 14.4. The van der Waals surface area contributed by atoms with Gasteiger partial charge in [-0.3, -0.25) is 0 Å². The van der Waals surface area contributed by atoms with E-state index in [1.54, 1.807) is 12.1 Å². The highest BCUT2D eigenvalue weighted by Gasteiger charge is 2.02. The van der Waals surface area contributed by atoms with E-state index < -0.39 is 6.03 Å². The van der Waals surface area contributed by atoms with Crippen LogP contribution >= 0.6 is 0 Å². The molecule has 2 aromatic rings. The molecule has 0 aliphatic heterocycles. The van der Waals surface area contributed by atoms with Crippen molar-refractivity contribution < 1.29 is 14.6 Å². The lowest BCUT2D eigenvalue weighted by atomic mass is 10.2. The number of hydrogen-bond acceptors (Lipinski definition) is 4. The van der Waals surface area contributed by atoms with Crippen molar-refractivity contribution in [3.05, 3.63) is 59.7 Å². The van der Waals surface area contributed by atoms with Gasteiger partial charge in [0.25, 0.3) is 0 Å². The van der Waals surface area contributed by atoms with Gasteiger partial charge in [-0.15, -0.1) is 0 Å². The molecule has 4 N–H and O–H groups in total. The van der Waals surface area contributed by atoms with Crippen molar-refractivity contribution in [2.75, 3.05) is 0 Å². The van der Waals surface area contributed by atoms with Gasteiger partial charge in [0.1, 0.15) is 18.1 Å². The number of benzene rings is 2. The van der Waals surface area contributed by atoms with Gasteiger partial charge >= 0.3 is 6.03 Å². The lowest BCUT2D eigenvalue weighted by Gasteiger charge is -2.07. The van der Waals surface area contributed by atoms with E-state index in [-0.39, 0.29) is 5.75 Å². The molecule has 0 spiro atoms. The Balaban J connectivity index is 1.98. The number of nitrogens with zero attached hydrogens (tertiary/aromatic N) is 1. The number of amides is 2. The fourth-order valence-electron chi connectivity index (χ4n) is 1.63. The van der Waals surface area contributed by atoms with Crippen molar-refractivity contribution in [3.8, 4) is 11.5 Å². The van der Waals surface area contributed by atoms with E-state index in [0.29, 0.717) is 17.9 Å². The van der Waals surface area contributed by atoms with Crippen LogP contribution in [0.2, 0.25) is 0 Å². The van der Waals surface area contributed by atoms with E-state index in [1.807, 2.05) is 35.8 Å². The molecule has 0 aromatic heterocycles. The zero-order chi connectivity index (χ0) is 15.1. The summed E-state index contributed by atoms with van der Waals surface area (Å²) in [6, 6.07) is 13.7.